The van der Waals surface area contributed by atoms with Crippen molar-refractivity contribution in [3.63, 3.8) is 0 Å². The first-order valence-electron chi connectivity index (χ1n) is 7.13. The van der Waals surface area contributed by atoms with Crippen LogP contribution >= 0.6 is 0 Å². The van der Waals surface area contributed by atoms with Crippen molar-refractivity contribution in [3.05, 3.63) is 18.0 Å². The van der Waals surface area contributed by atoms with E-state index in [0.29, 0.717) is 19.5 Å². The highest BCUT2D eigenvalue weighted by molar-refractivity contribution is 5.78. The topological polar surface area (TPSA) is 55.3 Å². The molecule has 0 spiro atoms. The van der Waals surface area contributed by atoms with Crippen LogP contribution in [0.25, 0.3) is 0 Å². The van der Waals surface area contributed by atoms with Crippen LogP contribution in [-0.4, -0.2) is 40.0 Å². The molecule has 0 aliphatic carbocycles. The number of likely N-dealkylation sites (tertiary alicyclic amines) is 1. The number of hydrogen-bond donors (Lipinski definition) is 0. The molecular weight excluding hydrogens is 299 g/mol. The van der Waals surface area contributed by atoms with Gasteiger partial charge in [-0.2, -0.15) is 18.2 Å². The predicted octanol–water partition coefficient (Wildman–Crippen LogP) is 2.52. The van der Waals surface area contributed by atoms with Gasteiger partial charge in [0.05, 0.1) is 6.54 Å². The van der Waals surface area contributed by atoms with Gasteiger partial charge in [0.1, 0.15) is 6.10 Å². The number of carbonyl (C=O) groups is 1. The van der Waals surface area contributed by atoms with Gasteiger partial charge >= 0.3 is 12.2 Å². The molecule has 0 aromatic carbocycles. The first-order valence-corrected chi connectivity index (χ1v) is 7.13. The number of amides is 1. The summed E-state index contributed by atoms with van der Waals surface area (Å²) in [5.74, 6) is -0.109. The summed E-state index contributed by atoms with van der Waals surface area (Å²) < 4.78 is 43.2. The number of alkyl halides is 3. The first-order chi connectivity index (χ1) is 10.3. The van der Waals surface area contributed by atoms with Crippen LogP contribution in [0.4, 0.5) is 13.2 Å². The van der Waals surface area contributed by atoms with Crippen LogP contribution in [0, 0.1) is 5.92 Å². The molecule has 2 heterocycles. The van der Waals surface area contributed by atoms with Crippen LogP contribution in [0.15, 0.2) is 12.3 Å². The van der Waals surface area contributed by atoms with Gasteiger partial charge in [-0.25, -0.2) is 4.98 Å². The Hall–Kier alpha value is -1.86. The van der Waals surface area contributed by atoms with Crippen molar-refractivity contribution in [2.24, 2.45) is 5.92 Å². The zero-order chi connectivity index (χ0) is 16.3. The molecule has 1 aliphatic rings. The van der Waals surface area contributed by atoms with Crippen LogP contribution in [0.2, 0.25) is 0 Å². The highest BCUT2D eigenvalue weighted by Crippen LogP contribution is 2.28. The molecule has 1 unspecified atom stereocenters. The summed E-state index contributed by atoms with van der Waals surface area (Å²) in [6, 6.07) is 0.487. The van der Waals surface area contributed by atoms with Gasteiger partial charge in [-0.15, -0.1) is 0 Å². The second kappa shape index (κ2) is 6.50. The minimum Gasteiger partial charge on any atom is -0.458 e. The number of nitrogens with zero attached hydrogens (tertiary/aromatic N) is 3. The zero-order valence-corrected chi connectivity index (χ0v) is 12.4. The molecule has 0 radical (unpaired) electrons. The number of ether oxygens (including phenoxy) is 1. The Morgan fingerprint density at radius 1 is 1.45 bits per heavy atom. The minimum absolute atomic E-state index is 0.0123. The lowest BCUT2D eigenvalue weighted by atomic mass is 10.1. The molecule has 1 fully saturated rings. The van der Waals surface area contributed by atoms with E-state index >= 15 is 0 Å². The Labute approximate surface area is 126 Å². The van der Waals surface area contributed by atoms with E-state index in [4.69, 9.17) is 4.74 Å². The van der Waals surface area contributed by atoms with Gasteiger partial charge in [0.25, 0.3) is 0 Å². The van der Waals surface area contributed by atoms with Crippen molar-refractivity contribution in [1.82, 2.24) is 14.9 Å². The molecule has 1 aromatic heterocycles. The Bertz CT molecular complexity index is 534. The number of piperidine rings is 1. The summed E-state index contributed by atoms with van der Waals surface area (Å²) in [5, 5.41) is 0. The van der Waals surface area contributed by atoms with Crippen molar-refractivity contribution in [2.45, 2.75) is 39.0 Å². The number of aromatic nitrogens is 2. The van der Waals surface area contributed by atoms with E-state index in [9.17, 15) is 18.0 Å². The molecule has 1 atom stereocenters. The van der Waals surface area contributed by atoms with Crippen molar-refractivity contribution in [3.8, 4) is 6.01 Å². The molecule has 0 N–H and O–H groups in total. The van der Waals surface area contributed by atoms with Crippen molar-refractivity contribution in [1.29, 1.82) is 0 Å². The van der Waals surface area contributed by atoms with Gasteiger partial charge in [0, 0.05) is 18.7 Å². The Morgan fingerprint density at radius 3 is 2.82 bits per heavy atom. The maximum Gasteiger partial charge on any atom is 0.433 e. The Kier molecular flexibility index (Phi) is 4.87. The summed E-state index contributed by atoms with van der Waals surface area (Å²) in [6.07, 6.45) is -2.51. The van der Waals surface area contributed by atoms with E-state index in [1.54, 1.807) is 4.90 Å². The van der Waals surface area contributed by atoms with E-state index in [2.05, 4.69) is 9.97 Å². The largest absolute Gasteiger partial charge is 0.458 e. The molecule has 0 bridgehead atoms. The van der Waals surface area contributed by atoms with E-state index < -0.39 is 11.9 Å². The summed E-state index contributed by atoms with van der Waals surface area (Å²) in [7, 11) is 0. The smallest absolute Gasteiger partial charge is 0.433 e. The Balaban J connectivity index is 2.03. The van der Waals surface area contributed by atoms with Gasteiger partial charge in [0.2, 0.25) is 5.91 Å². The lowest BCUT2D eigenvalue weighted by molar-refractivity contribution is -0.141. The summed E-state index contributed by atoms with van der Waals surface area (Å²) in [4.78, 5) is 20.7. The number of carbonyl (C=O) groups excluding carboxylic acids is 1. The molecule has 122 valence electrons. The fourth-order valence-corrected chi connectivity index (χ4v) is 2.30. The van der Waals surface area contributed by atoms with Crippen LogP contribution < -0.4 is 4.74 Å². The average Bonchev–Trinajstić information content (AvgIpc) is 2.46. The number of hydrogen-bond acceptors (Lipinski definition) is 4. The second-order valence-electron chi connectivity index (χ2n) is 5.54. The molecule has 22 heavy (non-hydrogen) atoms. The van der Waals surface area contributed by atoms with Crippen molar-refractivity contribution < 1.29 is 22.7 Å². The van der Waals surface area contributed by atoms with Crippen LogP contribution in [0.1, 0.15) is 32.4 Å². The van der Waals surface area contributed by atoms with Gasteiger partial charge in [-0.05, 0) is 18.9 Å². The maximum absolute atomic E-state index is 12.6. The van der Waals surface area contributed by atoms with Crippen LogP contribution in [0.5, 0.6) is 6.01 Å². The third-order valence-electron chi connectivity index (χ3n) is 3.38. The number of halogens is 3. The van der Waals surface area contributed by atoms with Gasteiger partial charge in [0.15, 0.2) is 5.69 Å². The van der Waals surface area contributed by atoms with Gasteiger partial charge in [-0.3, -0.25) is 4.79 Å². The molecular formula is C14H18F3N3O2. The Morgan fingerprint density at radius 2 is 2.18 bits per heavy atom. The lowest BCUT2D eigenvalue weighted by Crippen LogP contribution is -2.46. The fraction of sp³-hybridized carbons (Fsp3) is 0.643. The molecule has 1 amide bonds. The highest BCUT2D eigenvalue weighted by atomic mass is 19.4. The minimum atomic E-state index is -4.53. The molecule has 2 rings (SSSR count). The third-order valence-corrected chi connectivity index (χ3v) is 3.38. The van der Waals surface area contributed by atoms with E-state index in [0.717, 1.165) is 18.7 Å². The predicted molar refractivity (Wildman–Crippen MR) is 72.1 cm³/mol. The standard InChI is InChI=1S/C14H18F3N3O2/c1-9(2)12(21)20-7-3-4-10(8-20)22-13-18-6-5-11(19-13)14(15,16)17/h5-6,9-10H,3-4,7-8H2,1-2H3. The summed E-state index contributed by atoms with van der Waals surface area (Å²) in [5.41, 5.74) is -1.04. The van der Waals surface area contributed by atoms with Crippen molar-refractivity contribution >= 4 is 5.91 Å². The summed E-state index contributed by atoms with van der Waals surface area (Å²) >= 11 is 0. The average molecular weight is 317 g/mol. The highest BCUT2D eigenvalue weighted by Gasteiger charge is 2.33. The molecule has 0 saturated carbocycles. The van der Waals surface area contributed by atoms with E-state index in [1.165, 1.54) is 0 Å². The van der Waals surface area contributed by atoms with Crippen LogP contribution in [-0.2, 0) is 11.0 Å². The molecule has 1 saturated heterocycles. The monoisotopic (exact) mass is 317 g/mol. The van der Waals surface area contributed by atoms with E-state index in [-0.39, 0.29) is 23.9 Å². The van der Waals surface area contributed by atoms with Gasteiger partial charge in [-0.1, -0.05) is 13.8 Å². The zero-order valence-electron chi connectivity index (χ0n) is 12.4. The maximum atomic E-state index is 12.6. The molecule has 1 aromatic rings. The molecule has 8 heteroatoms. The first kappa shape index (κ1) is 16.5. The number of rotatable bonds is 3. The molecule has 5 nitrogen and oxygen atoms in total. The van der Waals surface area contributed by atoms with Gasteiger partial charge < -0.3 is 9.64 Å². The third kappa shape index (κ3) is 4.08. The normalized spacial score (nSPS) is 19.4. The van der Waals surface area contributed by atoms with E-state index in [1.807, 2.05) is 13.8 Å². The van der Waals surface area contributed by atoms with Crippen LogP contribution in [0.3, 0.4) is 0 Å². The molecule has 1 aliphatic heterocycles. The second-order valence-corrected chi connectivity index (χ2v) is 5.54. The fourth-order valence-electron chi connectivity index (χ4n) is 2.30. The quantitative estimate of drug-likeness (QED) is 0.859. The summed E-state index contributed by atoms with van der Waals surface area (Å²) in [6.45, 7) is 4.60. The SMILES string of the molecule is CC(C)C(=O)N1CCCC(Oc2nccc(C(F)(F)F)n2)C1. The van der Waals surface area contributed by atoms with Crippen molar-refractivity contribution in [2.75, 3.05) is 13.1 Å². The lowest BCUT2D eigenvalue weighted by Gasteiger charge is -2.33.